The number of imidazole rings is 1. The Morgan fingerprint density at radius 2 is 1.94 bits per heavy atom. The van der Waals surface area contributed by atoms with Gasteiger partial charge in [0.05, 0.1) is 22.8 Å². The van der Waals surface area contributed by atoms with Crippen LogP contribution < -0.4 is 5.32 Å². The van der Waals surface area contributed by atoms with Gasteiger partial charge in [-0.1, -0.05) is 18.2 Å². The number of nitrogens with one attached hydrogen (secondary N) is 1. The molecule has 0 saturated heterocycles. The number of aryl methyl sites for hydroxylation is 3. The fraction of sp³-hybridized carbons (Fsp3) is 0.259. The van der Waals surface area contributed by atoms with Gasteiger partial charge in [0.1, 0.15) is 29.2 Å². The van der Waals surface area contributed by atoms with Crippen molar-refractivity contribution < 1.29 is 13.6 Å². The number of hydrogen-bond acceptors (Lipinski definition) is 5. The molecular weight excluding hydrogens is 459 g/mol. The second kappa shape index (κ2) is 9.07. The first-order chi connectivity index (χ1) is 17.2. The van der Waals surface area contributed by atoms with Gasteiger partial charge in [0.25, 0.3) is 5.91 Å². The van der Waals surface area contributed by atoms with E-state index in [9.17, 15) is 9.18 Å². The minimum Gasteiger partial charge on any atom is -0.466 e. The summed E-state index contributed by atoms with van der Waals surface area (Å²) >= 11 is 0. The second-order valence-corrected chi connectivity index (χ2v) is 9.13. The van der Waals surface area contributed by atoms with Crippen molar-refractivity contribution in [2.24, 2.45) is 7.05 Å². The number of fused-ring (bicyclic) bond motifs is 1. The van der Waals surface area contributed by atoms with E-state index in [0.717, 1.165) is 11.3 Å². The second-order valence-electron chi connectivity index (χ2n) is 9.13. The molecule has 0 saturated carbocycles. The third-order valence-corrected chi connectivity index (χ3v) is 6.23. The lowest BCUT2D eigenvalue weighted by molar-refractivity contribution is 0.0942. The van der Waals surface area contributed by atoms with Crippen molar-refractivity contribution in [3.05, 3.63) is 89.3 Å². The molecule has 4 aromatic heterocycles. The number of benzene rings is 1. The number of carbonyl (C=O) groups is 1. The lowest BCUT2D eigenvalue weighted by Gasteiger charge is -2.20. The van der Waals surface area contributed by atoms with E-state index in [-0.39, 0.29) is 11.9 Å². The van der Waals surface area contributed by atoms with Crippen LogP contribution in [0.4, 0.5) is 4.39 Å². The van der Waals surface area contributed by atoms with Crippen molar-refractivity contribution in [2.75, 3.05) is 0 Å². The van der Waals surface area contributed by atoms with E-state index in [0.29, 0.717) is 39.4 Å². The number of amides is 1. The topological polar surface area (TPSA) is 90.8 Å². The molecule has 5 aromatic rings. The standard InChI is InChI=1S/C27H27FN6O2/c1-15(2)34-25-21(14-30-34)20(13-23(31-25)19-12-16(3)36-17(19)4)27(35)32-24(26-29-10-11-33(26)5)18-8-6-7-9-22(18)28/h6-15,24H,1-5H3,(H,32,35). The van der Waals surface area contributed by atoms with Crippen LogP contribution in [0.1, 0.15) is 59.2 Å². The van der Waals surface area contributed by atoms with Gasteiger partial charge < -0.3 is 14.3 Å². The Kier molecular flexibility index (Phi) is 5.91. The maximum atomic E-state index is 14.9. The van der Waals surface area contributed by atoms with Crippen molar-refractivity contribution in [1.29, 1.82) is 0 Å². The van der Waals surface area contributed by atoms with Crippen LogP contribution in [0.5, 0.6) is 0 Å². The van der Waals surface area contributed by atoms with Crippen molar-refractivity contribution in [2.45, 2.75) is 39.8 Å². The molecule has 36 heavy (non-hydrogen) atoms. The lowest BCUT2D eigenvalue weighted by Crippen LogP contribution is -2.32. The molecule has 4 heterocycles. The number of carbonyl (C=O) groups excluding carboxylic acids is 1. The van der Waals surface area contributed by atoms with Crippen LogP contribution in [-0.2, 0) is 7.05 Å². The highest BCUT2D eigenvalue weighted by Gasteiger charge is 2.26. The molecule has 1 aromatic carbocycles. The van der Waals surface area contributed by atoms with Crippen molar-refractivity contribution in [3.8, 4) is 11.3 Å². The smallest absolute Gasteiger partial charge is 0.253 e. The minimum absolute atomic E-state index is 0.0343. The molecule has 184 valence electrons. The number of nitrogens with zero attached hydrogens (tertiary/aromatic N) is 5. The molecule has 1 N–H and O–H groups in total. The summed E-state index contributed by atoms with van der Waals surface area (Å²) in [6.07, 6.45) is 5.02. The fourth-order valence-corrected chi connectivity index (χ4v) is 4.46. The first-order valence-corrected chi connectivity index (χ1v) is 11.7. The van der Waals surface area contributed by atoms with Crippen LogP contribution in [0.2, 0.25) is 0 Å². The largest absolute Gasteiger partial charge is 0.466 e. The van der Waals surface area contributed by atoms with Crippen molar-refractivity contribution in [3.63, 3.8) is 0 Å². The first-order valence-electron chi connectivity index (χ1n) is 11.7. The average molecular weight is 487 g/mol. The van der Waals surface area contributed by atoms with E-state index in [1.807, 2.05) is 40.8 Å². The monoisotopic (exact) mass is 486 g/mol. The van der Waals surface area contributed by atoms with Gasteiger partial charge in [-0.3, -0.25) is 4.79 Å². The van der Waals surface area contributed by atoms with Crippen LogP contribution >= 0.6 is 0 Å². The van der Waals surface area contributed by atoms with Gasteiger partial charge in [0, 0.05) is 36.6 Å². The van der Waals surface area contributed by atoms with Gasteiger partial charge in [-0.25, -0.2) is 19.0 Å². The molecule has 9 heteroatoms. The van der Waals surface area contributed by atoms with E-state index < -0.39 is 11.9 Å². The van der Waals surface area contributed by atoms with Crippen LogP contribution in [0, 0.1) is 19.7 Å². The predicted molar refractivity (Wildman–Crippen MR) is 134 cm³/mol. The Hall–Kier alpha value is -4.27. The van der Waals surface area contributed by atoms with Gasteiger partial charge >= 0.3 is 0 Å². The summed E-state index contributed by atoms with van der Waals surface area (Å²) < 4.78 is 24.1. The first kappa shape index (κ1) is 23.5. The lowest BCUT2D eigenvalue weighted by atomic mass is 10.0. The minimum atomic E-state index is -0.802. The van der Waals surface area contributed by atoms with Gasteiger partial charge in [-0.05, 0) is 45.9 Å². The normalized spacial score (nSPS) is 12.4. The Bertz CT molecular complexity index is 1580. The molecule has 0 aliphatic heterocycles. The molecule has 1 amide bonds. The number of hydrogen-bond donors (Lipinski definition) is 1. The fourth-order valence-electron chi connectivity index (χ4n) is 4.46. The SMILES string of the molecule is Cc1cc(-c2cc(C(=O)NC(c3ccccc3F)c3nccn3C)c3cnn(C(C)C)c3n2)c(C)o1. The summed E-state index contributed by atoms with van der Waals surface area (Å²) in [5.74, 6) is 1.16. The Labute approximate surface area is 207 Å². The molecule has 0 aliphatic carbocycles. The third kappa shape index (κ3) is 4.06. The highest BCUT2D eigenvalue weighted by Crippen LogP contribution is 2.31. The summed E-state index contributed by atoms with van der Waals surface area (Å²) in [4.78, 5) is 23.1. The third-order valence-electron chi connectivity index (χ3n) is 6.23. The zero-order chi connectivity index (χ0) is 25.6. The van der Waals surface area contributed by atoms with Gasteiger partial charge in [-0.2, -0.15) is 5.10 Å². The zero-order valence-electron chi connectivity index (χ0n) is 20.8. The molecule has 0 radical (unpaired) electrons. The molecule has 0 fully saturated rings. The highest BCUT2D eigenvalue weighted by atomic mass is 19.1. The molecule has 5 rings (SSSR count). The van der Waals surface area contributed by atoms with Gasteiger partial charge in [0.2, 0.25) is 0 Å². The van der Waals surface area contributed by atoms with Crippen molar-refractivity contribution >= 4 is 16.9 Å². The van der Waals surface area contributed by atoms with E-state index in [1.165, 1.54) is 6.07 Å². The maximum absolute atomic E-state index is 14.9. The van der Waals surface area contributed by atoms with E-state index >= 15 is 0 Å². The summed E-state index contributed by atoms with van der Waals surface area (Å²) in [7, 11) is 1.81. The highest BCUT2D eigenvalue weighted by molar-refractivity contribution is 6.06. The molecule has 8 nitrogen and oxygen atoms in total. The number of aromatic nitrogens is 5. The van der Waals surface area contributed by atoms with Crippen LogP contribution in [-0.4, -0.2) is 30.2 Å². The van der Waals surface area contributed by atoms with Crippen LogP contribution in [0.15, 0.2) is 59.4 Å². The number of halogens is 1. The quantitative estimate of drug-likeness (QED) is 0.353. The van der Waals surface area contributed by atoms with Gasteiger partial charge in [-0.15, -0.1) is 0 Å². The van der Waals surface area contributed by atoms with Crippen LogP contribution in [0.25, 0.3) is 22.3 Å². The number of rotatable bonds is 6. The van der Waals surface area contributed by atoms with Gasteiger partial charge in [0.15, 0.2) is 5.65 Å². The Balaban J connectivity index is 1.66. The van der Waals surface area contributed by atoms with E-state index in [2.05, 4.69) is 15.4 Å². The zero-order valence-corrected chi connectivity index (χ0v) is 20.8. The summed E-state index contributed by atoms with van der Waals surface area (Å²) in [5.41, 5.74) is 2.70. The maximum Gasteiger partial charge on any atom is 0.253 e. The molecular formula is C27H27FN6O2. The summed E-state index contributed by atoms with van der Waals surface area (Å²) in [6, 6.07) is 9.24. The summed E-state index contributed by atoms with van der Waals surface area (Å²) in [6.45, 7) is 7.74. The van der Waals surface area contributed by atoms with E-state index in [4.69, 9.17) is 9.40 Å². The summed E-state index contributed by atoms with van der Waals surface area (Å²) in [5, 5.41) is 8.11. The van der Waals surface area contributed by atoms with E-state index in [1.54, 1.807) is 52.1 Å². The Morgan fingerprint density at radius 1 is 1.17 bits per heavy atom. The molecule has 0 bridgehead atoms. The average Bonchev–Trinajstić information content (AvgIpc) is 3.55. The molecule has 1 atom stereocenters. The molecule has 1 unspecified atom stereocenters. The predicted octanol–water partition coefficient (Wildman–Crippen LogP) is 5.28. The molecule has 0 aliphatic rings. The Morgan fingerprint density at radius 3 is 2.58 bits per heavy atom. The van der Waals surface area contributed by atoms with Crippen LogP contribution in [0.3, 0.4) is 0 Å². The van der Waals surface area contributed by atoms with Crippen molar-refractivity contribution in [1.82, 2.24) is 29.6 Å². The number of pyridine rings is 1. The number of furan rings is 1. The molecule has 0 spiro atoms.